The number of halogens is 3. The molecule has 228 valence electrons. The smallest absolute Gasteiger partial charge is 0.393 e. The lowest BCUT2D eigenvalue weighted by molar-refractivity contribution is -0.126. The fourth-order valence-corrected chi connectivity index (χ4v) is 6.72. The number of hydrogen-bond acceptors (Lipinski definition) is 8. The van der Waals surface area contributed by atoms with Crippen LogP contribution >= 0.6 is 11.3 Å². The highest BCUT2D eigenvalue weighted by atomic mass is 32.1. The van der Waals surface area contributed by atoms with Gasteiger partial charge in [0.05, 0.1) is 18.9 Å². The molecule has 12 heteroatoms. The fourth-order valence-electron chi connectivity index (χ4n) is 5.66. The van der Waals surface area contributed by atoms with E-state index in [2.05, 4.69) is 44.6 Å². The first-order chi connectivity index (χ1) is 21.2. The minimum absolute atomic E-state index is 0.121. The molecule has 0 saturated carbocycles. The maximum absolute atomic E-state index is 13.2. The summed E-state index contributed by atoms with van der Waals surface area (Å²) in [6.07, 6.45) is -3.56. The quantitative estimate of drug-likeness (QED) is 0.161. The summed E-state index contributed by atoms with van der Waals surface area (Å²) in [5, 5.41) is 17.7. The maximum atomic E-state index is 13.2. The van der Waals surface area contributed by atoms with E-state index in [4.69, 9.17) is 9.72 Å². The minimum atomic E-state index is -4.30. The van der Waals surface area contributed by atoms with Crippen molar-refractivity contribution in [3.05, 3.63) is 75.8 Å². The Hall–Kier alpha value is -4.34. The number of piperidine rings is 1. The van der Waals surface area contributed by atoms with Gasteiger partial charge in [0, 0.05) is 48.0 Å². The molecule has 0 bridgehead atoms. The summed E-state index contributed by atoms with van der Waals surface area (Å²) >= 11 is 1.05. The van der Waals surface area contributed by atoms with Crippen molar-refractivity contribution in [3.8, 4) is 11.8 Å². The number of nitrogens with one attached hydrogen (secondary N) is 3. The maximum Gasteiger partial charge on any atom is 0.393 e. The van der Waals surface area contributed by atoms with Crippen LogP contribution in [0.4, 0.5) is 24.9 Å². The van der Waals surface area contributed by atoms with Crippen LogP contribution in [0.15, 0.2) is 48.5 Å². The molecule has 44 heavy (non-hydrogen) atoms. The van der Waals surface area contributed by atoms with E-state index >= 15 is 0 Å². The SMILES string of the molecule is COc1ccc(CNc2nc(NC3CCN(Cc4ccc5[nH]c(C#N)cc5c4C)CC3)c3cc(CC(F)(F)F)sc3n2)cc1. The Morgan fingerprint density at radius 2 is 1.86 bits per heavy atom. The first-order valence-electron chi connectivity index (χ1n) is 14.4. The van der Waals surface area contributed by atoms with E-state index in [-0.39, 0.29) is 10.9 Å². The molecule has 0 unspecified atom stereocenters. The number of anilines is 2. The zero-order chi connectivity index (χ0) is 30.8. The Bertz CT molecular complexity index is 1820. The van der Waals surface area contributed by atoms with Crippen molar-refractivity contribution in [1.82, 2.24) is 19.9 Å². The van der Waals surface area contributed by atoms with Gasteiger partial charge in [-0.25, -0.2) is 4.98 Å². The number of ether oxygens (including phenoxy) is 1. The highest BCUT2D eigenvalue weighted by molar-refractivity contribution is 7.18. The van der Waals surface area contributed by atoms with E-state index in [0.29, 0.717) is 34.2 Å². The first-order valence-corrected chi connectivity index (χ1v) is 15.2. The van der Waals surface area contributed by atoms with Crippen LogP contribution in [-0.2, 0) is 19.5 Å². The molecule has 8 nitrogen and oxygen atoms in total. The molecule has 0 amide bonds. The summed E-state index contributed by atoms with van der Waals surface area (Å²) in [5.41, 5.74) is 4.92. The monoisotopic (exact) mass is 619 g/mol. The Morgan fingerprint density at radius 1 is 1.09 bits per heavy atom. The van der Waals surface area contributed by atoms with Crippen molar-refractivity contribution in [2.24, 2.45) is 0 Å². The first kappa shape index (κ1) is 29.7. The molecule has 3 N–H and O–H groups in total. The van der Waals surface area contributed by atoms with Crippen molar-refractivity contribution < 1.29 is 17.9 Å². The van der Waals surface area contributed by atoms with Gasteiger partial charge in [-0.15, -0.1) is 11.3 Å². The van der Waals surface area contributed by atoms with Crippen LogP contribution in [0.25, 0.3) is 21.1 Å². The molecule has 1 aliphatic rings. The predicted molar refractivity (Wildman–Crippen MR) is 167 cm³/mol. The average Bonchev–Trinajstić information content (AvgIpc) is 3.62. The van der Waals surface area contributed by atoms with Crippen LogP contribution in [0.3, 0.4) is 0 Å². The highest BCUT2D eigenvalue weighted by Crippen LogP contribution is 2.35. The highest BCUT2D eigenvalue weighted by Gasteiger charge is 2.29. The molecule has 0 radical (unpaired) electrons. The molecule has 6 rings (SSSR count). The normalized spacial score (nSPS) is 14.6. The molecule has 3 aromatic heterocycles. The summed E-state index contributed by atoms with van der Waals surface area (Å²) < 4.78 is 44.9. The topological polar surface area (TPSA) is 102 Å². The molecule has 0 spiro atoms. The van der Waals surface area contributed by atoms with Gasteiger partial charge >= 0.3 is 6.18 Å². The Kier molecular flexibility index (Phi) is 8.33. The van der Waals surface area contributed by atoms with Gasteiger partial charge in [-0.2, -0.15) is 23.4 Å². The van der Waals surface area contributed by atoms with E-state index in [1.54, 1.807) is 13.2 Å². The van der Waals surface area contributed by atoms with Gasteiger partial charge in [-0.3, -0.25) is 4.90 Å². The number of nitriles is 1. The Balaban J connectivity index is 1.16. The van der Waals surface area contributed by atoms with Crippen molar-refractivity contribution in [3.63, 3.8) is 0 Å². The van der Waals surface area contributed by atoms with Gasteiger partial charge < -0.3 is 20.4 Å². The Morgan fingerprint density at radius 3 is 2.57 bits per heavy atom. The summed E-state index contributed by atoms with van der Waals surface area (Å²) in [7, 11) is 1.61. The lowest BCUT2D eigenvalue weighted by atomic mass is 10.0. The van der Waals surface area contributed by atoms with E-state index in [0.717, 1.165) is 66.0 Å². The van der Waals surface area contributed by atoms with Crippen molar-refractivity contribution in [2.75, 3.05) is 30.8 Å². The molecular weight excluding hydrogens is 587 g/mol. The summed E-state index contributed by atoms with van der Waals surface area (Å²) in [4.78, 5) is 15.6. The molecule has 1 saturated heterocycles. The fraction of sp³-hybridized carbons (Fsp3) is 0.344. The average molecular weight is 620 g/mol. The van der Waals surface area contributed by atoms with E-state index in [1.807, 2.05) is 36.4 Å². The van der Waals surface area contributed by atoms with Gasteiger partial charge in [0.1, 0.15) is 28.2 Å². The lowest BCUT2D eigenvalue weighted by Gasteiger charge is -2.33. The van der Waals surface area contributed by atoms with Gasteiger partial charge in [0.2, 0.25) is 5.95 Å². The second-order valence-electron chi connectivity index (χ2n) is 11.1. The van der Waals surface area contributed by atoms with E-state index < -0.39 is 12.6 Å². The summed E-state index contributed by atoms with van der Waals surface area (Å²) in [5.74, 6) is 1.67. The number of aromatic amines is 1. The van der Waals surface area contributed by atoms with Crippen LogP contribution in [0.2, 0.25) is 0 Å². The van der Waals surface area contributed by atoms with E-state index in [1.165, 1.54) is 11.1 Å². The number of nitrogens with zero attached hydrogens (tertiary/aromatic N) is 4. The van der Waals surface area contributed by atoms with Crippen LogP contribution in [0.5, 0.6) is 5.75 Å². The third-order valence-corrected chi connectivity index (χ3v) is 9.08. The number of rotatable bonds is 9. The molecule has 0 aliphatic carbocycles. The van der Waals surface area contributed by atoms with Crippen LogP contribution in [0, 0.1) is 18.3 Å². The number of aryl methyl sites for hydroxylation is 1. The molecule has 5 aromatic rings. The number of thiophene rings is 1. The molecule has 0 atom stereocenters. The van der Waals surface area contributed by atoms with E-state index in [9.17, 15) is 18.4 Å². The number of hydrogen-bond donors (Lipinski definition) is 3. The van der Waals surface area contributed by atoms with Crippen LogP contribution < -0.4 is 15.4 Å². The largest absolute Gasteiger partial charge is 0.497 e. The standard InChI is InChI=1S/C32H32F3N7OS/c1-19-21(5-8-28-26(19)13-23(16-36)38-28)18-42-11-9-22(10-12-42)39-29-27-14-25(15-32(33,34)35)44-30(27)41-31(40-29)37-17-20-3-6-24(43-2)7-4-20/h3-8,13-14,22,38H,9-12,15,17-18H2,1-2H3,(H2,37,39,40,41). The number of fused-ring (bicyclic) bond motifs is 2. The second kappa shape index (κ2) is 12.3. The third kappa shape index (κ3) is 6.74. The minimum Gasteiger partial charge on any atom is -0.497 e. The summed E-state index contributed by atoms with van der Waals surface area (Å²) in [6.45, 7) is 5.09. The van der Waals surface area contributed by atoms with Crippen molar-refractivity contribution in [1.29, 1.82) is 5.26 Å². The number of likely N-dealkylation sites (tertiary alicyclic amines) is 1. The summed E-state index contributed by atoms with van der Waals surface area (Å²) in [6, 6.07) is 17.5. The van der Waals surface area contributed by atoms with Gasteiger partial charge in [0.15, 0.2) is 0 Å². The number of aromatic nitrogens is 3. The Labute approximate surface area is 256 Å². The molecule has 2 aromatic carbocycles. The number of H-pyrrole nitrogens is 1. The van der Waals surface area contributed by atoms with Gasteiger partial charge in [-0.1, -0.05) is 18.2 Å². The molecule has 1 aliphatic heterocycles. The third-order valence-electron chi connectivity index (χ3n) is 8.06. The van der Waals surface area contributed by atoms with Crippen molar-refractivity contribution in [2.45, 2.75) is 51.5 Å². The zero-order valence-electron chi connectivity index (χ0n) is 24.4. The molecule has 1 fully saturated rings. The van der Waals surface area contributed by atoms with Crippen LogP contribution in [-0.4, -0.2) is 52.3 Å². The lowest BCUT2D eigenvalue weighted by Crippen LogP contribution is -2.39. The number of alkyl halides is 3. The van der Waals surface area contributed by atoms with Gasteiger partial charge in [-0.05, 0) is 66.8 Å². The molecule has 4 heterocycles. The zero-order valence-corrected chi connectivity index (χ0v) is 25.2. The predicted octanol–water partition coefficient (Wildman–Crippen LogP) is 7.15. The van der Waals surface area contributed by atoms with Crippen LogP contribution in [0.1, 0.15) is 40.1 Å². The number of benzene rings is 2. The number of methoxy groups -OCH3 is 1. The molecular formula is C32H32F3N7OS. The van der Waals surface area contributed by atoms with Gasteiger partial charge in [0.25, 0.3) is 0 Å². The second-order valence-corrected chi connectivity index (χ2v) is 12.2. The van der Waals surface area contributed by atoms with Crippen molar-refractivity contribution >= 4 is 44.2 Å².